The smallest absolute Gasteiger partial charge is 0.264 e. The second-order valence-electron chi connectivity index (χ2n) is 8.81. The number of carbonyl (C=O) groups is 1. The molecule has 8 heteroatoms. The zero-order valence-corrected chi connectivity index (χ0v) is 21.6. The lowest BCUT2D eigenvalue weighted by atomic mass is 10.0. The average Bonchev–Trinajstić information content (AvgIpc) is 3.30. The van der Waals surface area contributed by atoms with E-state index in [0.717, 1.165) is 34.7 Å². The second-order valence-corrected chi connectivity index (χ2v) is 11.1. The normalized spacial score (nSPS) is 13.7. The first-order valence-electron chi connectivity index (χ1n) is 11.5. The standard InChI is InChI=1S/C27H29ClN2O4S/c1-18-7-12-24(13-8-18)35(32,33)30(25-16-23(28)11-14-26(25)34-3)17-27(31)29-19(2)21-10-9-20-5-4-6-22(20)15-21/h7-16,19H,4-6,17H2,1-3H3,(H,29,31)/t19-/m0/s1. The van der Waals surface area contributed by atoms with Crippen LogP contribution in [0.5, 0.6) is 5.75 Å². The molecule has 1 aliphatic carbocycles. The van der Waals surface area contributed by atoms with Crippen LogP contribution in [0.4, 0.5) is 5.69 Å². The number of anilines is 1. The molecule has 184 valence electrons. The molecule has 0 spiro atoms. The monoisotopic (exact) mass is 512 g/mol. The van der Waals surface area contributed by atoms with Crippen LogP contribution in [0.3, 0.4) is 0 Å². The molecule has 35 heavy (non-hydrogen) atoms. The van der Waals surface area contributed by atoms with Gasteiger partial charge < -0.3 is 10.1 Å². The number of carbonyl (C=O) groups excluding carboxylic acids is 1. The molecule has 1 atom stereocenters. The number of ether oxygens (including phenoxy) is 1. The predicted octanol–water partition coefficient (Wildman–Crippen LogP) is 5.22. The highest BCUT2D eigenvalue weighted by molar-refractivity contribution is 7.92. The number of fused-ring (bicyclic) bond motifs is 1. The molecule has 6 nitrogen and oxygen atoms in total. The third-order valence-corrected chi connectivity index (χ3v) is 8.31. The quantitative estimate of drug-likeness (QED) is 0.449. The van der Waals surface area contributed by atoms with Crippen molar-refractivity contribution in [2.24, 2.45) is 0 Å². The number of hydrogen-bond donors (Lipinski definition) is 1. The molecule has 0 radical (unpaired) electrons. The molecule has 1 N–H and O–H groups in total. The minimum atomic E-state index is -4.09. The summed E-state index contributed by atoms with van der Waals surface area (Å²) in [5.41, 5.74) is 4.79. The Morgan fingerprint density at radius 1 is 1.06 bits per heavy atom. The van der Waals surface area contributed by atoms with Crippen LogP contribution in [0.1, 0.15) is 41.6 Å². The van der Waals surface area contributed by atoms with E-state index in [9.17, 15) is 13.2 Å². The van der Waals surface area contributed by atoms with E-state index in [-0.39, 0.29) is 16.6 Å². The van der Waals surface area contributed by atoms with Crippen LogP contribution in [0.25, 0.3) is 0 Å². The van der Waals surface area contributed by atoms with Crippen LogP contribution in [0.2, 0.25) is 5.02 Å². The molecule has 3 aromatic carbocycles. The fourth-order valence-electron chi connectivity index (χ4n) is 4.36. The summed E-state index contributed by atoms with van der Waals surface area (Å²) < 4.78 is 33.8. The molecule has 0 heterocycles. The van der Waals surface area contributed by atoms with E-state index in [1.165, 1.54) is 36.4 Å². The van der Waals surface area contributed by atoms with Gasteiger partial charge in [-0.3, -0.25) is 9.10 Å². The summed E-state index contributed by atoms with van der Waals surface area (Å²) in [4.78, 5) is 13.2. The van der Waals surface area contributed by atoms with Gasteiger partial charge in [-0.15, -0.1) is 0 Å². The number of hydrogen-bond acceptors (Lipinski definition) is 4. The van der Waals surface area contributed by atoms with Gasteiger partial charge in [-0.1, -0.05) is 47.5 Å². The van der Waals surface area contributed by atoms with Crippen molar-refractivity contribution in [1.29, 1.82) is 0 Å². The van der Waals surface area contributed by atoms with Gasteiger partial charge in [0.15, 0.2) is 0 Å². The number of benzene rings is 3. The van der Waals surface area contributed by atoms with Crippen LogP contribution >= 0.6 is 11.6 Å². The first-order chi connectivity index (χ1) is 16.7. The summed E-state index contributed by atoms with van der Waals surface area (Å²) in [6, 6.07) is 17.2. The van der Waals surface area contributed by atoms with E-state index in [0.29, 0.717) is 10.8 Å². The Kier molecular flexibility index (Phi) is 7.38. The molecule has 4 rings (SSSR count). The molecule has 0 unspecified atom stereocenters. The topological polar surface area (TPSA) is 75.7 Å². The first kappa shape index (κ1) is 25.1. The van der Waals surface area contributed by atoms with E-state index >= 15 is 0 Å². The highest BCUT2D eigenvalue weighted by atomic mass is 35.5. The highest BCUT2D eigenvalue weighted by Gasteiger charge is 2.30. The molecule has 3 aromatic rings. The van der Waals surface area contributed by atoms with Crippen molar-refractivity contribution in [2.75, 3.05) is 18.0 Å². The number of sulfonamides is 1. The molecule has 1 amide bonds. The third kappa shape index (κ3) is 5.46. The van der Waals surface area contributed by atoms with Crippen molar-refractivity contribution < 1.29 is 17.9 Å². The van der Waals surface area contributed by atoms with Gasteiger partial charge in [0.1, 0.15) is 12.3 Å². The molecule has 0 aliphatic heterocycles. The number of methoxy groups -OCH3 is 1. The zero-order chi connectivity index (χ0) is 25.2. The molecular formula is C27H29ClN2O4S. The number of amides is 1. The number of halogens is 1. The van der Waals surface area contributed by atoms with Crippen LogP contribution in [-0.4, -0.2) is 28.0 Å². The Labute approximate surface area is 211 Å². The van der Waals surface area contributed by atoms with E-state index in [1.54, 1.807) is 24.3 Å². The Balaban J connectivity index is 1.64. The van der Waals surface area contributed by atoms with Gasteiger partial charge in [0.05, 0.1) is 23.7 Å². The predicted molar refractivity (Wildman–Crippen MR) is 139 cm³/mol. The van der Waals surface area contributed by atoms with Crippen LogP contribution in [0, 0.1) is 6.92 Å². The Bertz CT molecular complexity index is 1340. The zero-order valence-electron chi connectivity index (χ0n) is 20.0. The average molecular weight is 513 g/mol. The summed E-state index contributed by atoms with van der Waals surface area (Å²) in [6.07, 6.45) is 3.28. The van der Waals surface area contributed by atoms with E-state index in [4.69, 9.17) is 16.3 Å². The molecule has 0 saturated carbocycles. The number of nitrogens with zero attached hydrogens (tertiary/aromatic N) is 1. The maximum atomic E-state index is 13.7. The van der Waals surface area contributed by atoms with E-state index < -0.39 is 22.5 Å². The van der Waals surface area contributed by atoms with E-state index in [1.807, 2.05) is 19.9 Å². The van der Waals surface area contributed by atoms with Gasteiger partial charge in [0.25, 0.3) is 10.0 Å². The third-order valence-electron chi connectivity index (χ3n) is 6.31. The van der Waals surface area contributed by atoms with Gasteiger partial charge in [-0.05, 0) is 80.1 Å². The second kappa shape index (κ2) is 10.3. The van der Waals surface area contributed by atoms with Gasteiger partial charge in [0, 0.05) is 5.02 Å². The first-order valence-corrected chi connectivity index (χ1v) is 13.3. The molecule has 0 aromatic heterocycles. The summed E-state index contributed by atoms with van der Waals surface area (Å²) >= 11 is 6.20. The summed E-state index contributed by atoms with van der Waals surface area (Å²) in [5.74, 6) is -0.139. The molecule has 0 saturated heterocycles. The summed E-state index contributed by atoms with van der Waals surface area (Å²) in [6.45, 7) is 3.34. The lowest BCUT2D eigenvalue weighted by Crippen LogP contribution is -2.41. The Morgan fingerprint density at radius 3 is 2.49 bits per heavy atom. The van der Waals surface area contributed by atoms with Gasteiger partial charge in [-0.25, -0.2) is 8.42 Å². The maximum Gasteiger partial charge on any atom is 0.264 e. The SMILES string of the molecule is COc1ccc(Cl)cc1N(CC(=O)N[C@@H](C)c1ccc2c(c1)CCC2)S(=O)(=O)c1ccc(C)cc1. The van der Waals surface area contributed by atoms with Gasteiger partial charge in [0.2, 0.25) is 5.91 Å². The number of nitrogens with one attached hydrogen (secondary N) is 1. The number of rotatable bonds is 8. The van der Waals surface area contributed by atoms with Crippen LogP contribution in [-0.2, 0) is 27.7 Å². The van der Waals surface area contributed by atoms with Crippen molar-refractivity contribution in [3.63, 3.8) is 0 Å². The van der Waals surface area contributed by atoms with Crippen molar-refractivity contribution in [3.8, 4) is 5.75 Å². The van der Waals surface area contributed by atoms with Crippen molar-refractivity contribution >= 4 is 33.2 Å². The highest BCUT2D eigenvalue weighted by Crippen LogP contribution is 2.35. The van der Waals surface area contributed by atoms with Crippen molar-refractivity contribution in [1.82, 2.24) is 5.32 Å². The fraction of sp³-hybridized carbons (Fsp3) is 0.296. The Hall–Kier alpha value is -3.03. The maximum absolute atomic E-state index is 13.7. The van der Waals surface area contributed by atoms with Gasteiger partial charge in [-0.2, -0.15) is 0 Å². The fourth-order valence-corrected chi connectivity index (χ4v) is 5.95. The van der Waals surface area contributed by atoms with Crippen LogP contribution < -0.4 is 14.4 Å². The minimum absolute atomic E-state index is 0.0737. The summed E-state index contributed by atoms with van der Waals surface area (Å²) in [5, 5.41) is 3.28. The molecular weight excluding hydrogens is 484 g/mol. The van der Waals surface area contributed by atoms with Crippen LogP contribution in [0.15, 0.2) is 65.6 Å². The number of aryl methyl sites for hydroxylation is 3. The lowest BCUT2D eigenvalue weighted by molar-refractivity contribution is -0.120. The van der Waals surface area contributed by atoms with Crippen molar-refractivity contribution in [3.05, 3.63) is 87.9 Å². The largest absolute Gasteiger partial charge is 0.495 e. The molecule has 0 bridgehead atoms. The summed E-state index contributed by atoms with van der Waals surface area (Å²) in [7, 11) is -2.65. The Morgan fingerprint density at radius 2 is 1.77 bits per heavy atom. The van der Waals surface area contributed by atoms with Crippen molar-refractivity contribution in [2.45, 2.75) is 44.0 Å². The molecule has 1 aliphatic rings. The van der Waals surface area contributed by atoms with Gasteiger partial charge >= 0.3 is 0 Å². The lowest BCUT2D eigenvalue weighted by Gasteiger charge is -2.26. The van der Waals surface area contributed by atoms with E-state index in [2.05, 4.69) is 17.4 Å². The minimum Gasteiger partial charge on any atom is -0.495 e. The molecule has 0 fully saturated rings.